The minimum atomic E-state index is -2.49. The molecule has 0 bridgehead atoms. The van der Waals surface area contributed by atoms with Crippen molar-refractivity contribution in [2.24, 2.45) is 0 Å². The summed E-state index contributed by atoms with van der Waals surface area (Å²) in [6.07, 6.45) is -3.31. The minimum absolute atomic E-state index is 0.0508. The normalized spacial score (nSPS) is 13.0. The zero-order valence-corrected chi connectivity index (χ0v) is 10.2. The average molecular weight is 275 g/mol. The zero-order chi connectivity index (χ0) is 12.4. The third-order valence-corrected chi connectivity index (χ3v) is 3.65. The molecule has 90 valence electrons. The van der Waals surface area contributed by atoms with Gasteiger partial charge >= 0.3 is 0 Å². The Morgan fingerprint density at radius 3 is 2.06 bits per heavy atom. The number of alkyl halides is 2. The lowest BCUT2D eigenvalue weighted by atomic mass is 10.1. The maximum absolute atomic E-state index is 12.3. The molecule has 0 saturated carbocycles. The fraction of sp³-hybridized carbons (Fsp3) is 0.167. The van der Waals surface area contributed by atoms with E-state index in [9.17, 15) is 13.9 Å². The van der Waals surface area contributed by atoms with Crippen molar-refractivity contribution < 1.29 is 13.9 Å². The fourth-order valence-electron chi connectivity index (χ4n) is 1.46. The molecule has 0 radical (unpaired) electrons. The Morgan fingerprint density at radius 2 is 1.59 bits per heavy atom. The molecule has 1 aromatic heterocycles. The highest BCUT2D eigenvalue weighted by atomic mass is 35.5. The largest absolute Gasteiger partial charge is 0.383 e. The Morgan fingerprint density at radius 1 is 1.00 bits per heavy atom. The van der Waals surface area contributed by atoms with Crippen molar-refractivity contribution in [1.29, 1.82) is 0 Å². The molecule has 1 nitrogen and oxygen atoms in total. The first kappa shape index (κ1) is 12.5. The molecule has 1 aromatic carbocycles. The number of thiophene rings is 1. The van der Waals surface area contributed by atoms with Crippen molar-refractivity contribution in [3.8, 4) is 0 Å². The van der Waals surface area contributed by atoms with E-state index >= 15 is 0 Å². The van der Waals surface area contributed by atoms with Crippen molar-refractivity contribution in [3.05, 3.63) is 56.7 Å². The van der Waals surface area contributed by atoms with E-state index in [2.05, 4.69) is 0 Å². The Labute approximate surface area is 106 Å². The van der Waals surface area contributed by atoms with Gasteiger partial charge in [0.1, 0.15) is 6.10 Å². The van der Waals surface area contributed by atoms with Gasteiger partial charge in [-0.3, -0.25) is 0 Å². The van der Waals surface area contributed by atoms with Gasteiger partial charge in [-0.15, -0.1) is 11.3 Å². The van der Waals surface area contributed by atoms with Gasteiger partial charge in [-0.1, -0.05) is 35.9 Å². The van der Waals surface area contributed by atoms with Crippen LogP contribution in [0, 0.1) is 0 Å². The monoisotopic (exact) mass is 274 g/mol. The summed E-state index contributed by atoms with van der Waals surface area (Å²) in [7, 11) is 0. The van der Waals surface area contributed by atoms with Crippen LogP contribution in [-0.2, 0) is 0 Å². The van der Waals surface area contributed by atoms with Gasteiger partial charge in [0.25, 0.3) is 6.43 Å². The van der Waals surface area contributed by atoms with E-state index in [4.69, 9.17) is 11.6 Å². The van der Waals surface area contributed by atoms with Gasteiger partial charge in [-0.25, -0.2) is 8.78 Å². The summed E-state index contributed by atoms with van der Waals surface area (Å²) in [5, 5.41) is 10.00. The number of aliphatic hydroxyl groups excluding tert-OH is 1. The van der Waals surface area contributed by atoms with Crippen molar-refractivity contribution in [1.82, 2.24) is 0 Å². The van der Waals surface area contributed by atoms with Crippen LogP contribution < -0.4 is 0 Å². The standard InChI is InChI=1S/C12H9ClF2OS/c13-10-6-5-9(17-10)11(16)7-1-3-8(4-2-7)12(14)15/h1-6,11-12,16H. The molecule has 0 saturated heterocycles. The SMILES string of the molecule is OC(c1ccc(C(F)F)cc1)c1ccc(Cl)s1. The molecular weight excluding hydrogens is 266 g/mol. The molecule has 0 amide bonds. The third-order valence-electron chi connectivity index (χ3n) is 2.37. The quantitative estimate of drug-likeness (QED) is 0.878. The van der Waals surface area contributed by atoms with Crippen LogP contribution in [-0.4, -0.2) is 5.11 Å². The summed E-state index contributed by atoms with van der Waals surface area (Å²) in [4.78, 5) is 0.694. The lowest BCUT2D eigenvalue weighted by Gasteiger charge is -2.09. The lowest BCUT2D eigenvalue weighted by Crippen LogP contribution is -1.97. The predicted molar refractivity (Wildman–Crippen MR) is 64.8 cm³/mol. The number of hydrogen-bond donors (Lipinski definition) is 1. The molecule has 1 atom stereocenters. The summed E-state index contributed by atoms with van der Waals surface area (Å²) in [5.41, 5.74) is 0.526. The number of benzene rings is 1. The van der Waals surface area contributed by atoms with Crippen molar-refractivity contribution in [2.45, 2.75) is 12.5 Å². The second-order valence-corrected chi connectivity index (χ2v) is 5.26. The van der Waals surface area contributed by atoms with Crippen LogP contribution in [0.25, 0.3) is 0 Å². The van der Waals surface area contributed by atoms with E-state index in [1.807, 2.05) is 0 Å². The zero-order valence-electron chi connectivity index (χ0n) is 8.61. The molecule has 1 heterocycles. The van der Waals surface area contributed by atoms with Crippen LogP contribution in [0.3, 0.4) is 0 Å². The molecule has 5 heteroatoms. The van der Waals surface area contributed by atoms with E-state index in [0.29, 0.717) is 14.8 Å². The molecule has 0 aliphatic carbocycles. The molecule has 0 fully saturated rings. The molecule has 0 aliphatic rings. The molecule has 0 aliphatic heterocycles. The highest BCUT2D eigenvalue weighted by Gasteiger charge is 2.14. The van der Waals surface area contributed by atoms with E-state index in [1.165, 1.54) is 35.6 Å². The Hall–Kier alpha value is -0.970. The van der Waals surface area contributed by atoms with Crippen LogP contribution in [0.4, 0.5) is 8.78 Å². The van der Waals surface area contributed by atoms with Gasteiger partial charge in [0.15, 0.2) is 0 Å². The van der Waals surface area contributed by atoms with E-state index < -0.39 is 12.5 Å². The van der Waals surface area contributed by atoms with Crippen molar-refractivity contribution in [3.63, 3.8) is 0 Å². The van der Waals surface area contributed by atoms with E-state index in [-0.39, 0.29) is 5.56 Å². The highest BCUT2D eigenvalue weighted by molar-refractivity contribution is 7.16. The van der Waals surface area contributed by atoms with Crippen LogP contribution >= 0.6 is 22.9 Å². The lowest BCUT2D eigenvalue weighted by molar-refractivity contribution is 0.151. The molecule has 17 heavy (non-hydrogen) atoms. The highest BCUT2D eigenvalue weighted by Crippen LogP contribution is 2.31. The van der Waals surface area contributed by atoms with Crippen molar-refractivity contribution in [2.75, 3.05) is 0 Å². The van der Waals surface area contributed by atoms with Crippen molar-refractivity contribution >= 4 is 22.9 Å². The smallest absolute Gasteiger partial charge is 0.263 e. The molecule has 2 aromatic rings. The number of aliphatic hydroxyl groups is 1. The first-order valence-corrected chi connectivity index (χ1v) is 6.08. The molecule has 2 rings (SSSR count). The van der Waals surface area contributed by atoms with Gasteiger partial charge in [-0.2, -0.15) is 0 Å². The summed E-state index contributed by atoms with van der Waals surface area (Å²) < 4.78 is 25.3. The topological polar surface area (TPSA) is 20.2 Å². The van der Waals surface area contributed by atoms with Crippen LogP contribution in [0.5, 0.6) is 0 Å². The molecular formula is C12H9ClF2OS. The van der Waals surface area contributed by atoms with Gasteiger partial charge in [0.2, 0.25) is 0 Å². The number of hydrogen-bond acceptors (Lipinski definition) is 2. The van der Waals surface area contributed by atoms with E-state index in [1.54, 1.807) is 12.1 Å². The Balaban J connectivity index is 2.22. The maximum Gasteiger partial charge on any atom is 0.263 e. The summed E-state index contributed by atoms with van der Waals surface area (Å²) in [6.45, 7) is 0. The Bertz CT molecular complexity index is 495. The van der Waals surface area contributed by atoms with Gasteiger partial charge in [0.05, 0.1) is 4.34 Å². The van der Waals surface area contributed by atoms with Gasteiger partial charge in [-0.05, 0) is 17.7 Å². The first-order valence-electron chi connectivity index (χ1n) is 4.89. The first-order chi connectivity index (χ1) is 8.08. The molecule has 0 spiro atoms. The van der Waals surface area contributed by atoms with Crippen LogP contribution in [0.15, 0.2) is 36.4 Å². The second kappa shape index (κ2) is 5.12. The van der Waals surface area contributed by atoms with Crippen LogP contribution in [0.1, 0.15) is 28.5 Å². The third kappa shape index (κ3) is 2.83. The Kier molecular flexibility index (Phi) is 3.76. The fourth-order valence-corrected chi connectivity index (χ4v) is 2.54. The summed E-state index contributed by atoms with van der Waals surface area (Å²) in [6, 6.07) is 9.05. The maximum atomic E-state index is 12.3. The number of rotatable bonds is 3. The van der Waals surface area contributed by atoms with Crippen LogP contribution in [0.2, 0.25) is 4.34 Å². The van der Waals surface area contributed by atoms with Gasteiger partial charge in [0, 0.05) is 10.4 Å². The summed E-state index contributed by atoms with van der Waals surface area (Å²) >= 11 is 7.04. The minimum Gasteiger partial charge on any atom is -0.383 e. The number of halogens is 3. The average Bonchev–Trinajstić information content (AvgIpc) is 2.75. The van der Waals surface area contributed by atoms with E-state index in [0.717, 1.165) is 0 Å². The molecule has 1 N–H and O–H groups in total. The summed E-state index contributed by atoms with van der Waals surface area (Å²) in [5.74, 6) is 0. The molecule has 1 unspecified atom stereocenters. The van der Waals surface area contributed by atoms with Gasteiger partial charge < -0.3 is 5.11 Å². The predicted octanol–water partition coefficient (Wildman–Crippen LogP) is 4.42. The second-order valence-electron chi connectivity index (χ2n) is 3.51.